The molecule has 3 aromatic carbocycles. The van der Waals surface area contributed by atoms with Crippen LogP contribution in [0.4, 0.5) is 26.3 Å². The molecule has 0 spiro atoms. The van der Waals surface area contributed by atoms with E-state index >= 15 is 0 Å². The molecule has 13 heteroatoms. The highest BCUT2D eigenvalue weighted by molar-refractivity contribution is 5.95. The Balaban J connectivity index is 1.42. The van der Waals surface area contributed by atoms with Gasteiger partial charge < -0.3 is 19.4 Å². The predicted octanol–water partition coefficient (Wildman–Crippen LogP) is 6.49. The summed E-state index contributed by atoms with van der Waals surface area (Å²) in [7, 11) is 1.43. The van der Waals surface area contributed by atoms with E-state index in [9.17, 15) is 40.7 Å². The molecule has 236 valence electrons. The monoisotopic (exact) mass is 632 g/mol. The maximum absolute atomic E-state index is 13.6. The quantitative estimate of drug-likeness (QED) is 0.246. The van der Waals surface area contributed by atoms with Crippen LogP contribution in [0, 0.1) is 0 Å². The van der Waals surface area contributed by atoms with Gasteiger partial charge in [-0.3, -0.25) is 14.4 Å². The van der Waals surface area contributed by atoms with Crippen LogP contribution in [0.15, 0.2) is 82.0 Å². The number of hydrogen-bond acceptors (Lipinski definition) is 5. The van der Waals surface area contributed by atoms with E-state index in [0.717, 1.165) is 11.6 Å². The molecule has 0 unspecified atom stereocenters. The van der Waals surface area contributed by atoms with Gasteiger partial charge >= 0.3 is 12.4 Å². The van der Waals surface area contributed by atoms with Crippen molar-refractivity contribution in [1.82, 2.24) is 10.2 Å². The first-order valence-electron chi connectivity index (χ1n) is 13.8. The second-order valence-corrected chi connectivity index (χ2v) is 10.7. The number of amides is 2. The molecule has 1 saturated heterocycles. The number of ether oxygens (including phenoxy) is 1. The third-order valence-corrected chi connectivity index (χ3v) is 7.62. The molecule has 0 radical (unpaired) electrons. The molecule has 2 atom stereocenters. The highest BCUT2D eigenvalue weighted by Crippen LogP contribution is 2.37. The van der Waals surface area contributed by atoms with E-state index in [1.54, 1.807) is 36.4 Å². The van der Waals surface area contributed by atoms with Crippen molar-refractivity contribution in [3.63, 3.8) is 0 Å². The SMILES string of the molecule is COc1ccc2c(=O)cc(C(=O)N[C@H]3CCN(C(=O)c4cc(C(F)(F)F)cc(C(F)(F)F)c4)[C@H](Cc4ccccc4)C3)oc2c1. The third-order valence-electron chi connectivity index (χ3n) is 7.62. The number of carbonyl (C=O) groups excluding carboxylic acids is 2. The van der Waals surface area contributed by atoms with Gasteiger partial charge in [-0.05, 0) is 55.2 Å². The summed E-state index contributed by atoms with van der Waals surface area (Å²) in [6, 6.07) is 14.0. The Morgan fingerprint density at radius 1 is 0.933 bits per heavy atom. The third kappa shape index (κ3) is 7.13. The number of benzene rings is 3. The number of piperidine rings is 1. The van der Waals surface area contributed by atoms with Gasteiger partial charge in [0.25, 0.3) is 11.8 Å². The predicted molar refractivity (Wildman–Crippen MR) is 151 cm³/mol. The highest BCUT2D eigenvalue weighted by Gasteiger charge is 2.39. The van der Waals surface area contributed by atoms with Crippen LogP contribution in [0.3, 0.4) is 0 Å². The minimum atomic E-state index is -5.11. The average molecular weight is 633 g/mol. The van der Waals surface area contributed by atoms with Crippen LogP contribution in [0.2, 0.25) is 0 Å². The van der Waals surface area contributed by atoms with Gasteiger partial charge in [0.05, 0.1) is 23.6 Å². The molecule has 0 aliphatic carbocycles. The number of nitrogens with one attached hydrogen (secondary N) is 1. The van der Waals surface area contributed by atoms with Gasteiger partial charge in [-0.15, -0.1) is 0 Å². The molecule has 2 amide bonds. The molecular formula is C32H26F6N2O5. The lowest BCUT2D eigenvalue weighted by Gasteiger charge is -2.40. The van der Waals surface area contributed by atoms with Crippen LogP contribution in [0.5, 0.6) is 5.75 Å². The molecular weight excluding hydrogens is 606 g/mol. The molecule has 1 aliphatic heterocycles. The number of methoxy groups -OCH3 is 1. The van der Waals surface area contributed by atoms with Crippen molar-refractivity contribution < 1.29 is 45.1 Å². The van der Waals surface area contributed by atoms with E-state index in [0.29, 0.717) is 17.9 Å². The van der Waals surface area contributed by atoms with Gasteiger partial charge in [0.15, 0.2) is 11.2 Å². The average Bonchev–Trinajstić information content (AvgIpc) is 3.00. The van der Waals surface area contributed by atoms with Crippen LogP contribution >= 0.6 is 0 Å². The maximum Gasteiger partial charge on any atom is 0.416 e. The molecule has 0 bridgehead atoms. The zero-order valence-corrected chi connectivity index (χ0v) is 23.7. The van der Waals surface area contributed by atoms with E-state index in [1.165, 1.54) is 24.1 Å². The summed E-state index contributed by atoms with van der Waals surface area (Å²) in [6.07, 6.45) is -9.74. The Bertz CT molecular complexity index is 1750. The number of alkyl halides is 6. The molecule has 1 fully saturated rings. The van der Waals surface area contributed by atoms with Crippen molar-refractivity contribution in [2.45, 2.75) is 43.7 Å². The van der Waals surface area contributed by atoms with Gasteiger partial charge in [0.1, 0.15) is 11.3 Å². The van der Waals surface area contributed by atoms with Crippen LogP contribution in [0.1, 0.15) is 50.4 Å². The number of hydrogen-bond donors (Lipinski definition) is 1. The zero-order chi connectivity index (χ0) is 32.5. The molecule has 45 heavy (non-hydrogen) atoms. The summed E-state index contributed by atoms with van der Waals surface area (Å²) in [4.78, 5) is 40.6. The van der Waals surface area contributed by atoms with Crippen LogP contribution < -0.4 is 15.5 Å². The second kappa shape index (κ2) is 12.3. The minimum Gasteiger partial charge on any atom is -0.497 e. The summed E-state index contributed by atoms with van der Waals surface area (Å²) in [5.74, 6) is -1.55. The van der Waals surface area contributed by atoms with Crippen molar-refractivity contribution in [2.75, 3.05) is 13.7 Å². The Morgan fingerprint density at radius 3 is 2.22 bits per heavy atom. The number of likely N-dealkylation sites (tertiary alicyclic amines) is 1. The van der Waals surface area contributed by atoms with Gasteiger partial charge in [0.2, 0.25) is 0 Å². The highest BCUT2D eigenvalue weighted by atomic mass is 19.4. The summed E-state index contributed by atoms with van der Waals surface area (Å²) < 4.78 is 91.8. The normalized spacial score (nSPS) is 17.3. The van der Waals surface area contributed by atoms with Gasteiger partial charge in [-0.1, -0.05) is 30.3 Å². The van der Waals surface area contributed by atoms with Crippen molar-refractivity contribution in [3.05, 3.63) is 111 Å². The van der Waals surface area contributed by atoms with Crippen molar-refractivity contribution >= 4 is 22.8 Å². The van der Waals surface area contributed by atoms with E-state index in [-0.39, 0.29) is 48.6 Å². The van der Waals surface area contributed by atoms with Crippen molar-refractivity contribution in [3.8, 4) is 5.75 Å². The topological polar surface area (TPSA) is 88.9 Å². The Labute approximate surface area is 252 Å². The van der Waals surface area contributed by atoms with E-state index in [1.807, 2.05) is 0 Å². The summed E-state index contributed by atoms with van der Waals surface area (Å²) in [5, 5.41) is 3.03. The molecule has 1 aromatic heterocycles. The number of fused-ring (bicyclic) bond motifs is 1. The lowest BCUT2D eigenvalue weighted by atomic mass is 9.91. The summed E-state index contributed by atoms with van der Waals surface area (Å²) in [6.45, 7) is -0.0717. The lowest BCUT2D eigenvalue weighted by molar-refractivity contribution is -0.143. The van der Waals surface area contributed by atoms with Gasteiger partial charge in [0, 0.05) is 36.3 Å². The second-order valence-electron chi connectivity index (χ2n) is 10.7. The first-order chi connectivity index (χ1) is 21.2. The standard InChI is InChI=1S/C32H26F6N2O5/c1-44-24-7-8-25-26(41)17-28(45-27(25)16-24)29(42)39-22-9-10-40(23(15-22)11-18-5-3-2-4-6-18)30(43)19-12-20(31(33,34)35)14-21(13-19)32(36,37)38/h2-8,12-14,16-17,22-23H,9-11,15H2,1H3,(H,39,42)/t22-,23+/m0/s1. The molecule has 7 nitrogen and oxygen atoms in total. The first-order valence-corrected chi connectivity index (χ1v) is 13.8. The minimum absolute atomic E-state index is 0.0266. The summed E-state index contributed by atoms with van der Waals surface area (Å²) >= 11 is 0. The zero-order valence-electron chi connectivity index (χ0n) is 23.7. The maximum atomic E-state index is 13.6. The summed E-state index contributed by atoms with van der Waals surface area (Å²) in [5.41, 5.74) is -3.47. The van der Waals surface area contributed by atoms with Crippen molar-refractivity contribution in [1.29, 1.82) is 0 Å². The lowest BCUT2D eigenvalue weighted by Crippen LogP contribution is -2.52. The molecule has 1 aliphatic rings. The van der Waals surface area contributed by atoms with Crippen molar-refractivity contribution in [2.24, 2.45) is 0 Å². The van der Waals surface area contributed by atoms with Crippen LogP contribution in [0.25, 0.3) is 11.0 Å². The Hall–Kier alpha value is -4.81. The fraction of sp³-hybridized carbons (Fsp3) is 0.281. The molecule has 0 saturated carbocycles. The smallest absolute Gasteiger partial charge is 0.416 e. The molecule has 4 aromatic rings. The first kappa shape index (κ1) is 31.6. The van der Waals surface area contributed by atoms with E-state index in [2.05, 4.69) is 5.32 Å². The molecule has 1 N–H and O–H groups in total. The molecule has 2 heterocycles. The van der Waals surface area contributed by atoms with Crippen LogP contribution in [-0.2, 0) is 18.8 Å². The fourth-order valence-corrected chi connectivity index (χ4v) is 5.40. The number of carbonyl (C=O) groups is 2. The number of halogens is 6. The Kier molecular flexibility index (Phi) is 8.63. The number of nitrogens with zero attached hydrogens (tertiary/aromatic N) is 1. The fourth-order valence-electron chi connectivity index (χ4n) is 5.40. The van der Waals surface area contributed by atoms with Crippen LogP contribution in [-0.4, -0.2) is 42.5 Å². The van der Waals surface area contributed by atoms with E-state index < -0.39 is 58.4 Å². The van der Waals surface area contributed by atoms with E-state index in [4.69, 9.17) is 9.15 Å². The van der Waals surface area contributed by atoms with Gasteiger partial charge in [-0.2, -0.15) is 26.3 Å². The molecule has 5 rings (SSSR count). The Morgan fingerprint density at radius 2 is 1.60 bits per heavy atom. The van der Waals surface area contributed by atoms with Gasteiger partial charge in [-0.25, -0.2) is 0 Å². The largest absolute Gasteiger partial charge is 0.497 e. The number of rotatable bonds is 6.